The minimum Gasteiger partial charge on any atom is -0.495 e. The molecule has 0 aliphatic rings. The Morgan fingerprint density at radius 2 is 1.80 bits per heavy atom. The average Bonchev–Trinajstić information content (AvgIpc) is 2.74. The van der Waals surface area contributed by atoms with Gasteiger partial charge in [0.2, 0.25) is 11.9 Å². The van der Waals surface area contributed by atoms with Crippen molar-refractivity contribution in [3.8, 4) is 5.75 Å². The number of carbonyl (C=O) groups excluding carboxylic acids is 2. The molecule has 1 aromatic carbocycles. The standard InChI is InChI=1S/C20H19N7O3/c1-3-18(28)23-13-5-4-6-14(11-13)24-20(29)27-17-9-10-21-19(26-17)25-16-8-7-15(30-2)12-22-16/h3-12H,1H2,2H3,(H,23,28)(H3,21,22,24,25,26,27,29). The number of hydrogen-bond acceptors (Lipinski definition) is 7. The highest BCUT2D eigenvalue weighted by Gasteiger charge is 2.07. The molecule has 30 heavy (non-hydrogen) atoms. The molecule has 10 nitrogen and oxygen atoms in total. The first-order valence-corrected chi connectivity index (χ1v) is 8.77. The number of nitrogens with one attached hydrogen (secondary N) is 4. The molecule has 0 aliphatic heterocycles. The summed E-state index contributed by atoms with van der Waals surface area (Å²) >= 11 is 0. The third-order valence-electron chi connectivity index (χ3n) is 3.68. The molecular weight excluding hydrogens is 386 g/mol. The fraction of sp³-hybridized carbons (Fsp3) is 0.0500. The predicted molar refractivity (Wildman–Crippen MR) is 114 cm³/mol. The van der Waals surface area contributed by atoms with Crippen LogP contribution < -0.4 is 26.0 Å². The summed E-state index contributed by atoms with van der Waals surface area (Å²) < 4.78 is 5.06. The molecule has 3 rings (SSSR count). The number of urea groups is 1. The van der Waals surface area contributed by atoms with Crippen molar-refractivity contribution in [2.24, 2.45) is 0 Å². The van der Waals surface area contributed by atoms with Crippen LogP contribution in [0.15, 0.2) is 67.5 Å². The predicted octanol–water partition coefficient (Wildman–Crippen LogP) is 3.39. The van der Waals surface area contributed by atoms with E-state index in [9.17, 15) is 9.59 Å². The molecule has 4 N–H and O–H groups in total. The summed E-state index contributed by atoms with van der Waals surface area (Å²) in [6, 6.07) is 11.2. The molecule has 2 aromatic heterocycles. The number of carbonyl (C=O) groups is 2. The van der Waals surface area contributed by atoms with E-state index in [4.69, 9.17) is 4.74 Å². The Kier molecular flexibility index (Phi) is 6.51. The van der Waals surface area contributed by atoms with E-state index < -0.39 is 6.03 Å². The number of nitrogens with zero attached hydrogens (tertiary/aromatic N) is 3. The van der Waals surface area contributed by atoms with Crippen molar-refractivity contribution >= 4 is 40.9 Å². The Bertz CT molecular complexity index is 1050. The summed E-state index contributed by atoms with van der Waals surface area (Å²) in [5.41, 5.74) is 1.02. The van der Waals surface area contributed by atoms with Gasteiger partial charge in [0.1, 0.15) is 17.4 Å². The minimum atomic E-state index is -0.505. The van der Waals surface area contributed by atoms with Crippen LogP contribution in [0.2, 0.25) is 0 Å². The summed E-state index contributed by atoms with van der Waals surface area (Å²) in [6.07, 6.45) is 4.22. The lowest BCUT2D eigenvalue weighted by molar-refractivity contribution is -0.111. The van der Waals surface area contributed by atoms with Gasteiger partial charge < -0.3 is 20.7 Å². The second kappa shape index (κ2) is 9.64. The molecule has 2 heterocycles. The van der Waals surface area contributed by atoms with Crippen molar-refractivity contribution in [1.29, 1.82) is 0 Å². The van der Waals surface area contributed by atoms with E-state index in [0.29, 0.717) is 22.9 Å². The molecule has 0 radical (unpaired) electrons. The lowest BCUT2D eigenvalue weighted by Crippen LogP contribution is -2.20. The molecule has 0 bridgehead atoms. The lowest BCUT2D eigenvalue weighted by atomic mass is 10.2. The first kappa shape index (κ1) is 20.3. The maximum Gasteiger partial charge on any atom is 0.324 e. The number of anilines is 5. The van der Waals surface area contributed by atoms with Crippen LogP contribution in [0, 0.1) is 0 Å². The van der Waals surface area contributed by atoms with Crippen LogP contribution >= 0.6 is 0 Å². The normalized spacial score (nSPS) is 9.90. The van der Waals surface area contributed by atoms with Crippen LogP contribution in [0.4, 0.5) is 33.8 Å². The highest BCUT2D eigenvalue weighted by atomic mass is 16.5. The van der Waals surface area contributed by atoms with E-state index in [1.165, 1.54) is 6.20 Å². The van der Waals surface area contributed by atoms with Gasteiger partial charge in [-0.2, -0.15) is 4.98 Å². The fourth-order valence-electron chi connectivity index (χ4n) is 2.32. The van der Waals surface area contributed by atoms with Crippen molar-refractivity contribution < 1.29 is 14.3 Å². The van der Waals surface area contributed by atoms with E-state index in [-0.39, 0.29) is 17.7 Å². The molecule has 0 unspecified atom stereocenters. The Morgan fingerprint density at radius 3 is 2.50 bits per heavy atom. The summed E-state index contributed by atoms with van der Waals surface area (Å²) in [4.78, 5) is 36.2. The van der Waals surface area contributed by atoms with Gasteiger partial charge in [-0.1, -0.05) is 12.6 Å². The molecule has 0 aliphatic carbocycles. The van der Waals surface area contributed by atoms with E-state index in [1.807, 2.05) is 0 Å². The topological polar surface area (TPSA) is 130 Å². The van der Waals surface area contributed by atoms with Gasteiger partial charge in [-0.3, -0.25) is 10.1 Å². The average molecular weight is 405 g/mol. The van der Waals surface area contributed by atoms with E-state index in [2.05, 4.69) is 42.8 Å². The van der Waals surface area contributed by atoms with Crippen molar-refractivity contribution in [2.45, 2.75) is 0 Å². The van der Waals surface area contributed by atoms with Crippen molar-refractivity contribution in [3.63, 3.8) is 0 Å². The summed E-state index contributed by atoms with van der Waals surface area (Å²) in [7, 11) is 1.56. The van der Waals surface area contributed by atoms with Gasteiger partial charge in [0, 0.05) is 17.6 Å². The lowest BCUT2D eigenvalue weighted by Gasteiger charge is -2.10. The zero-order chi connectivity index (χ0) is 21.3. The second-order valence-electron chi connectivity index (χ2n) is 5.83. The van der Waals surface area contributed by atoms with Crippen LogP contribution in [0.1, 0.15) is 0 Å². The van der Waals surface area contributed by atoms with Gasteiger partial charge in [-0.25, -0.2) is 14.8 Å². The van der Waals surface area contributed by atoms with Crippen LogP contribution in [0.5, 0.6) is 5.75 Å². The first-order valence-electron chi connectivity index (χ1n) is 8.77. The van der Waals surface area contributed by atoms with Crippen molar-refractivity contribution in [2.75, 3.05) is 28.4 Å². The smallest absolute Gasteiger partial charge is 0.324 e. The number of benzene rings is 1. The summed E-state index contributed by atoms with van der Waals surface area (Å²) in [6.45, 7) is 3.40. The van der Waals surface area contributed by atoms with Gasteiger partial charge in [-0.15, -0.1) is 0 Å². The van der Waals surface area contributed by atoms with Gasteiger partial charge in [0.05, 0.1) is 13.3 Å². The molecule has 0 atom stereocenters. The maximum absolute atomic E-state index is 12.3. The van der Waals surface area contributed by atoms with E-state index in [0.717, 1.165) is 6.08 Å². The van der Waals surface area contributed by atoms with Crippen molar-refractivity contribution in [1.82, 2.24) is 15.0 Å². The molecule has 0 fully saturated rings. The fourth-order valence-corrected chi connectivity index (χ4v) is 2.32. The number of rotatable bonds is 7. The van der Waals surface area contributed by atoms with E-state index >= 15 is 0 Å². The molecule has 3 aromatic rings. The van der Waals surface area contributed by atoms with Crippen LogP contribution in [-0.4, -0.2) is 34.0 Å². The number of pyridine rings is 1. The monoisotopic (exact) mass is 405 g/mol. The number of hydrogen-bond donors (Lipinski definition) is 4. The zero-order valence-electron chi connectivity index (χ0n) is 16.0. The highest BCUT2D eigenvalue weighted by molar-refractivity contribution is 6.01. The number of methoxy groups -OCH3 is 1. The SMILES string of the molecule is C=CC(=O)Nc1cccc(NC(=O)Nc2ccnc(Nc3ccc(OC)cn3)n2)c1. The first-order chi connectivity index (χ1) is 14.6. The highest BCUT2D eigenvalue weighted by Crippen LogP contribution is 2.17. The van der Waals surface area contributed by atoms with Gasteiger partial charge >= 0.3 is 6.03 Å². The molecule has 152 valence electrons. The van der Waals surface area contributed by atoms with Crippen molar-refractivity contribution in [3.05, 3.63) is 67.5 Å². The minimum absolute atomic E-state index is 0.264. The molecule has 0 saturated heterocycles. The molecule has 0 spiro atoms. The summed E-state index contributed by atoms with van der Waals surface area (Å²) in [5.74, 6) is 1.36. The number of ether oxygens (including phenoxy) is 1. The number of amides is 3. The third kappa shape index (κ3) is 5.76. The van der Waals surface area contributed by atoms with Crippen LogP contribution in [0.25, 0.3) is 0 Å². The van der Waals surface area contributed by atoms with Crippen LogP contribution in [0.3, 0.4) is 0 Å². The van der Waals surface area contributed by atoms with Gasteiger partial charge in [0.15, 0.2) is 0 Å². The van der Waals surface area contributed by atoms with Gasteiger partial charge in [0.25, 0.3) is 0 Å². The Morgan fingerprint density at radius 1 is 1.00 bits per heavy atom. The molecule has 0 saturated carbocycles. The molecule has 10 heteroatoms. The number of aromatic nitrogens is 3. The third-order valence-corrected chi connectivity index (χ3v) is 3.68. The maximum atomic E-state index is 12.3. The molecule has 3 amide bonds. The largest absolute Gasteiger partial charge is 0.495 e. The van der Waals surface area contributed by atoms with Crippen LogP contribution in [-0.2, 0) is 4.79 Å². The quantitative estimate of drug-likeness (QED) is 0.443. The van der Waals surface area contributed by atoms with Gasteiger partial charge in [-0.05, 0) is 42.5 Å². The Hall–Kier alpha value is -4.47. The summed E-state index contributed by atoms with van der Waals surface area (Å²) in [5, 5.41) is 10.9. The Labute approximate surface area is 172 Å². The van der Waals surface area contributed by atoms with E-state index in [1.54, 1.807) is 55.8 Å². The Balaban J connectivity index is 1.61. The zero-order valence-corrected chi connectivity index (χ0v) is 16.0. The second-order valence-corrected chi connectivity index (χ2v) is 5.83. The molecular formula is C20H19N7O3.